The third-order valence-corrected chi connectivity index (χ3v) is 4.30. The van der Waals surface area contributed by atoms with Gasteiger partial charge in [-0.2, -0.15) is 0 Å². The zero-order valence-corrected chi connectivity index (χ0v) is 12.8. The Balaban J connectivity index is 2.02. The van der Waals surface area contributed by atoms with Gasteiger partial charge in [0, 0.05) is 23.3 Å². The van der Waals surface area contributed by atoms with Gasteiger partial charge in [-0.3, -0.25) is 24.5 Å². The lowest BCUT2D eigenvalue weighted by Gasteiger charge is -2.28. The van der Waals surface area contributed by atoms with Gasteiger partial charge in [-0.05, 0) is 19.1 Å². The van der Waals surface area contributed by atoms with Crippen molar-refractivity contribution in [1.82, 2.24) is 0 Å². The van der Waals surface area contributed by atoms with Gasteiger partial charge in [0.1, 0.15) is 0 Å². The standard InChI is InChI=1S/C18H13NO5/c1-10-15(17(21)11-6-8-12(9-7-11)19(23)24)18(22)14-5-3-2-4-13(14)16(10)20/h2-9,13-14H,1H3. The van der Waals surface area contributed by atoms with Gasteiger partial charge < -0.3 is 0 Å². The molecule has 2 aliphatic carbocycles. The summed E-state index contributed by atoms with van der Waals surface area (Å²) in [4.78, 5) is 47.9. The maximum atomic E-state index is 12.7. The fourth-order valence-electron chi connectivity index (χ4n) is 2.99. The van der Waals surface area contributed by atoms with Crippen LogP contribution in [-0.4, -0.2) is 22.3 Å². The van der Waals surface area contributed by atoms with E-state index in [4.69, 9.17) is 0 Å². The number of carbonyl (C=O) groups is 3. The molecule has 0 amide bonds. The van der Waals surface area contributed by atoms with Gasteiger partial charge in [-0.15, -0.1) is 0 Å². The summed E-state index contributed by atoms with van der Waals surface area (Å²) in [5, 5.41) is 10.7. The van der Waals surface area contributed by atoms with Gasteiger partial charge in [-0.25, -0.2) is 0 Å². The van der Waals surface area contributed by atoms with E-state index in [1.165, 1.54) is 31.2 Å². The van der Waals surface area contributed by atoms with Crippen molar-refractivity contribution in [3.8, 4) is 0 Å². The first-order valence-electron chi connectivity index (χ1n) is 7.35. The number of fused-ring (bicyclic) bond motifs is 1. The van der Waals surface area contributed by atoms with Gasteiger partial charge in [0.25, 0.3) is 5.69 Å². The first-order valence-corrected chi connectivity index (χ1v) is 7.35. The maximum absolute atomic E-state index is 12.7. The first-order chi connectivity index (χ1) is 11.4. The smallest absolute Gasteiger partial charge is 0.269 e. The van der Waals surface area contributed by atoms with Crippen molar-refractivity contribution in [3.63, 3.8) is 0 Å². The monoisotopic (exact) mass is 323 g/mol. The summed E-state index contributed by atoms with van der Waals surface area (Å²) in [6, 6.07) is 4.98. The van der Waals surface area contributed by atoms with Crippen LogP contribution in [-0.2, 0) is 9.59 Å². The fourth-order valence-corrected chi connectivity index (χ4v) is 2.99. The molecule has 0 saturated carbocycles. The Morgan fingerprint density at radius 1 is 1.00 bits per heavy atom. The summed E-state index contributed by atoms with van der Waals surface area (Å²) in [7, 11) is 0. The van der Waals surface area contributed by atoms with Gasteiger partial charge in [0.2, 0.25) is 0 Å². The molecular weight excluding hydrogens is 310 g/mol. The number of nitro groups is 1. The molecule has 1 aromatic rings. The Morgan fingerprint density at radius 2 is 1.54 bits per heavy atom. The number of allylic oxidation sites excluding steroid dienone is 6. The van der Waals surface area contributed by atoms with Crippen molar-refractivity contribution >= 4 is 23.0 Å². The number of carbonyl (C=O) groups excluding carboxylic acids is 3. The highest BCUT2D eigenvalue weighted by Crippen LogP contribution is 2.34. The number of hydrogen-bond donors (Lipinski definition) is 0. The van der Waals surface area contributed by atoms with Crippen molar-refractivity contribution in [2.45, 2.75) is 6.92 Å². The van der Waals surface area contributed by atoms with Crippen LogP contribution in [0, 0.1) is 22.0 Å². The summed E-state index contributed by atoms with van der Waals surface area (Å²) in [5.41, 5.74) is 0.00759. The molecule has 3 rings (SSSR count). The third-order valence-electron chi connectivity index (χ3n) is 4.30. The van der Waals surface area contributed by atoms with Gasteiger partial charge >= 0.3 is 0 Å². The van der Waals surface area contributed by atoms with E-state index >= 15 is 0 Å². The normalized spacial score (nSPS) is 22.5. The summed E-state index contributed by atoms with van der Waals surface area (Å²) < 4.78 is 0. The number of nitrogens with zero attached hydrogens (tertiary/aromatic N) is 1. The average Bonchev–Trinajstić information content (AvgIpc) is 2.60. The number of Topliss-reactive ketones (excluding diaryl/α,β-unsaturated/α-hetero) is 3. The molecular formula is C18H13NO5. The highest BCUT2D eigenvalue weighted by Gasteiger charge is 2.42. The molecule has 24 heavy (non-hydrogen) atoms. The second-order valence-corrected chi connectivity index (χ2v) is 5.68. The van der Waals surface area contributed by atoms with Crippen LogP contribution in [0.1, 0.15) is 17.3 Å². The molecule has 0 aliphatic heterocycles. The third kappa shape index (κ3) is 2.42. The molecule has 2 unspecified atom stereocenters. The second kappa shape index (κ2) is 5.81. The van der Waals surface area contributed by atoms with Crippen molar-refractivity contribution in [2.75, 3.05) is 0 Å². The molecule has 0 bridgehead atoms. The summed E-state index contributed by atoms with van der Waals surface area (Å²) in [5.74, 6) is -2.44. The molecule has 2 aliphatic rings. The van der Waals surface area contributed by atoms with E-state index in [-0.39, 0.29) is 34.0 Å². The quantitative estimate of drug-likeness (QED) is 0.369. The van der Waals surface area contributed by atoms with E-state index in [1.807, 2.05) is 0 Å². The molecule has 0 aromatic heterocycles. The number of ketones is 3. The van der Waals surface area contributed by atoms with Crippen LogP contribution in [0.3, 0.4) is 0 Å². The SMILES string of the molecule is CC1=C(C(=O)c2ccc([N+](=O)[O-])cc2)C(=O)C2C=CC=CC2C1=O. The number of benzene rings is 1. The number of hydrogen-bond acceptors (Lipinski definition) is 5. The van der Waals surface area contributed by atoms with Crippen LogP contribution in [0.5, 0.6) is 0 Å². The number of non-ortho nitro benzene ring substituents is 1. The minimum absolute atomic E-state index is 0.130. The zero-order chi connectivity index (χ0) is 17.4. The molecule has 120 valence electrons. The lowest BCUT2D eigenvalue weighted by Crippen LogP contribution is -2.38. The van der Waals surface area contributed by atoms with Crippen molar-refractivity contribution in [3.05, 3.63) is 75.4 Å². The first kappa shape index (κ1) is 15.7. The summed E-state index contributed by atoms with van der Waals surface area (Å²) in [6.45, 7) is 1.47. The predicted octanol–water partition coefficient (Wildman–Crippen LogP) is 2.60. The number of nitro benzene ring substituents is 1. The Bertz CT molecular complexity index is 858. The highest BCUT2D eigenvalue weighted by atomic mass is 16.6. The van der Waals surface area contributed by atoms with E-state index in [9.17, 15) is 24.5 Å². The van der Waals surface area contributed by atoms with Crippen LogP contribution in [0.25, 0.3) is 0 Å². The van der Waals surface area contributed by atoms with E-state index in [2.05, 4.69) is 0 Å². The highest BCUT2D eigenvalue weighted by molar-refractivity contribution is 6.33. The fraction of sp³-hybridized carbons (Fsp3) is 0.167. The van der Waals surface area contributed by atoms with E-state index < -0.39 is 22.5 Å². The molecule has 0 fully saturated rings. The molecule has 0 N–H and O–H groups in total. The largest absolute Gasteiger partial charge is 0.294 e. The Kier molecular flexibility index (Phi) is 3.81. The lowest BCUT2D eigenvalue weighted by molar-refractivity contribution is -0.384. The van der Waals surface area contributed by atoms with Crippen molar-refractivity contribution in [1.29, 1.82) is 0 Å². The molecule has 0 radical (unpaired) electrons. The predicted molar refractivity (Wildman–Crippen MR) is 85.4 cm³/mol. The zero-order valence-electron chi connectivity index (χ0n) is 12.8. The molecule has 0 saturated heterocycles. The second-order valence-electron chi connectivity index (χ2n) is 5.68. The van der Waals surface area contributed by atoms with Gasteiger partial charge in [0.15, 0.2) is 17.3 Å². The average molecular weight is 323 g/mol. The summed E-state index contributed by atoms with van der Waals surface area (Å²) >= 11 is 0. The summed E-state index contributed by atoms with van der Waals surface area (Å²) in [6.07, 6.45) is 6.69. The molecule has 2 atom stereocenters. The Morgan fingerprint density at radius 3 is 2.08 bits per heavy atom. The van der Waals surface area contributed by atoms with Gasteiger partial charge in [0.05, 0.1) is 22.3 Å². The van der Waals surface area contributed by atoms with Gasteiger partial charge in [-0.1, -0.05) is 24.3 Å². The Hall–Kier alpha value is -3.15. The molecule has 0 heterocycles. The minimum atomic E-state index is -0.664. The van der Waals surface area contributed by atoms with Crippen LogP contribution in [0.15, 0.2) is 59.7 Å². The van der Waals surface area contributed by atoms with E-state index in [0.29, 0.717) is 0 Å². The topological polar surface area (TPSA) is 94.3 Å². The van der Waals surface area contributed by atoms with Crippen LogP contribution in [0.2, 0.25) is 0 Å². The minimum Gasteiger partial charge on any atom is -0.294 e. The van der Waals surface area contributed by atoms with E-state index in [0.717, 1.165) is 0 Å². The van der Waals surface area contributed by atoms with Crippen molar-refractivity contribution < 1.29 is 19.3 Å². The molecule has 1 aromatic carbocycles. The molecule has 0 spiro atoms. The number of rotatable bonds is 3. The van der Waals surface area contributed by atoms with Crippen molar-refractivity contribution in [2.24, 2.45) is 11.8 Å². The maximum Gasteiger partial charge on any atom is 0.269 e. The van der Waals surface area contributed by atoms with Crippen LogP contribution < -0.4 is 0 Å². The Labute approximate surface area is 137 Å². The van der Waals surface area contributed by atoms with Crippen LogP contribution in [0.4, 0.5) is 5.69 Å². The van der Waals surface area contributed by atoms with Crippen LogP contribution >= 0.6 is 0 Å². The molecule has 6 nitrogen and oxygen atoms in total. The molecule has 6 heteroatoms. The lowest BCUT2D eigenvalue weighted by atomic mass is 9.71. The van der Waals surface area contributed by atoms with E-state index in [1.54, 1.807) is 24.3 Å².